The van der Waals surface area contributed by atoms with Crippen LogP contribution < -0.4 is 20.1 Å². The lowest BCUT2D eigenvalue weighted by atomic mass is 9.99. The van der Waals surface area contributed by atoms with Crippen LogP contribution in [0.5, 0.6) is 11.5 Å². The van der Waals surface area contributed by atoms with Crippen LogP contribution in [-0.4, -0.2) is 43.1 Å². The standard InChI is InChI=1S/C27H27N3O6/c1-34-22-14-13-19(16-30-21(15-23(30)31)26(32)28-20-11-7-4-8-12-20)25(35-2)24(22)29-27(33)36-17-18-9-5-3-6-10-18/h3-14,21H,15-17H2,1-2H3,(H,28,32)(H,29,33). The molecule has 0 aliphatic carbocycles. The first kappa shape index (κ1) is 24.6. The molecule has 0 radical (unpaired) electrons. The van der Waals surface area contributed by atoms with Gasteiger partial charge in [-0.15, -0.1) is 0 Å². The molecule has 3 aromatic rings. The number of rotatable bonds is 9. The van der Waals surface area contributed by atoms with Crippen molar-refractivity contribution in [3.8, 4) is 11.5 Å². The van der Waals surface area contributed by atoms with Crippen LogP contribution in [0, 0.1) is 0 Å². The second-order valence-electron chi connectivity index (χ2n) is 8.12. The van der Waals surface area contributed by atoms with Gasteiger partial charge < -0.3 is 24.4 Å². The third-order valence-corrected chi connectivity index (χ3v) is 5.81. The van der Waals surface area contributed by atoms with Crippen molar-refractivity contribution < 1.29 is 28.6 Å². The van der Waals surface area contributed by atoms with Crippen LogP contribution in [0.15, 0.2) is 72.8 Å². The summed E-state index contributed by atoms with van der Waals surface area (Å²) in [4.78, 5) is 39.2. The topological polar surface area (TPSA) is 106 Å². The van der Waals surface area contributed by atoms with Crippen LogP contribution in [0.25, 0.3) is 0 Å². The fourth-order valence-corrected chi connectivity index (χ4v) is 3.93. The molecule has 4 rings (SSSR count). The molecule has 1 saturated heterocycles. The Balaban J connectivity index is 1.48. The largest absolute Gasteiger partial charge is 0.494 e. The van der Waals surface area contributed by atoms with E-state index in [4.69, 9.17) is 14.2 Å². The number of hydrogen-bond donors (Lipinski definition) is 2. The molecule has 1 aliphatic heterocycles. The second-order valence-corrected chi connectivity index (χ2v) is 8.12. The summed E-state index contributed by atoms with van der Waals surface area (Å²) in [7, 11) is 2.92. The molecule has 1 heterocycles. The Kier molecular flexibility index (Phi) is 7.69. The number of nitrogens with one attached hydrogen (secondary N) is 2. The van der Waals surface area contributed by atoms with Gasteiger partial charge in [0.05, 0.1) is 27.2 Å². The molecule has 3 amide bonds. The van der Waals surface area contributed by atoms with Gasteiger partial charge in [0, 0.05) is 11.3 Å². The van der Waals surface area contributed by atoms with Crippen LogP contribution in [0.1, 0.15) is 17.5 Å². The lowest BCUT2D eigenvalue weighted by Gasteiger charge is -2.39. The van der Waals surface area contributed by atoms with Gasteiger partial charge in [-0.2, -0.15) is 0 Å². The van der Waals surface area contributed by atoms with Crippen molar-refractivity contribution in [1.29, 1.82) is 0 Å². The van der Waals surface area contributed by atoms with Crippen molar-refractivity contribution >= 4 is 29.3 Å². The number of ether oxygens (including phenoxy) is 3. The van der Waals surface area contributed by atoms with Gasteiger partial charge in [-0.05, 0) is 29.8 Å². The van der Waals surface area contributed by atoms with Crippen LogP contribution >= 0.6 is 0 Å². The van der Waals surface area contributed by atoms with Gasteiger partial charge >= 0.3 is 6.09 Å². The molecule has 36 heavy (non-hydrogen) atoms. The number of methoxy groups -OCH3 is 2. The number of β-lactam (4-membered cyclic amide) rings is 1. The third-order valence-electron chi connectivity index (χ3n) is 5.81. The minimum atomic E-state index is -0.687. The molecule has 1 atom stereocenters. The Bertz CT molecular complexity index is 1230. The molecule has 1 unspecified atom stereocenters. The third kappa shape index (κ3) is 5.57. The zero-order chi connectivity index (χ0) is 25.5. The predicted molar refractivity (Wildman–Crippen MR) is 134 cm³/mol. The first-order valence-corrected chi connectivity index (χ1v) is 11.4. The van der Waals surface area contributed by atoms with E-state index in [9.17, 15) is 14.4 Å². The minimum Gasteiger partial charge on any atom is -0.494 e. The number of carbonyl (C=O) groups excluding carboxylic acids is 3. The number of benzene rings is 3. The van der Waals surface area contributed by atoms with Gasteiger partial charge in [0.25, 0.3) is 0 Å². The van der Waals surface area contributed by atoms with Gasteiger partial charge in [-0.3, -0.25) is 14.9 Å². The number of amides is 3. The lowest BCUT2D eigenvalue weighted by Crippen LogP contribution is -2.57. The average Bonchev–Trinajstić information content (AvgIpc) is 2.90. The highest BCUT2D eigenvalue weighted by molar-refractivity contribution is 6.03. The van der Waals surface area contributed by atoms with Gasteiger partial charge in [-0.1, -0.05) is 48.5 Å². The van der Waals surface area contributed by atoms with Gasteiger partial charge in [0.2, 0.25) is 11.8 Å². The Morgan fingerprint density at radius 1 is 0.917 bits per heavy atom. The summed E-state index contributed by atoms with van der Waals surface area (Å²) in [6.45, 7) is 0.212. The molecule has 9 nitrogen and oxygen atoms in total. The molecule has 0 aromatic heterocycles. The van der Waals surface area contributed by atoms with E-state index in [-0.39, 0.29) is 37.1 Å². The number of nitrogens with zero attached hydrogens (tertiary/aromatic N) is 1. The molecule has 0 saturated carbocycles. The fraction of sp³-hybridized carbons (Fsp3) is 0.222. The number of carbonyl (C=O) groups is 3. The first-order valence-electron chi connectivity index (χ1n) is 11.4. The molecule has 0 bridgehead atoms. The maximum Gasteiger partial charge on any atom is 0.412 e. The zero-order valence-electron chi connectivity index (χ0n) is 20.0. The second kappa shape index (κ2) is 11.3. The molecule has 1 aliphatic rings. The fourth-order valence-electron chi connectivity index (χ4n) is 3.93. The molecule has 0 spiro atoms. The first-order chi connectivity index (χ1) is 17.5. The van der Waals surface area contributed by atoms with E-state index in [1.54, 1.807) is 24.3 Å². The van der Waals surface area contributed by atoms with E-state index in [2.05, 4.69) is 10.6 Å². The number of para-hydroxylation sites is 1. The summed E-state index contributed by atoms with van der Waals surface area (Å²) < 4.78 is 16.3. The molecular formula is C27H27N3O6. The maximum atomic E-state index is 12.8. The van der Waals surface area contributed by atoms with Crippen LogP contribution in [0.2, 0.25) is 0 Å². The number of likely N-dealkylation sites (tertiary alicyclic amines) is 1. The monoisotopic (exact) mass is 489 g/mol. The summed E-state index contributed by atoms with van der Waals surface area (Å²) in [6.07, 6.45) is -0.568. The van der Waals surface area contributed by atoms with E-state index in [1.165, 1.54) is 19.1 Å². The SMILES string of the molecule is COc1ccc(CN2C(=O)CC2C(=O)Nc2ccccc2)c(OC)c1NC(=O)OCc1ccccc1. The Hall–Kier alpha value is -4.53. The highest BCUT2D eigenvalue weighted by Crippen LogP contribution is 2.39. The van der Waals surface area contributed by atoms with E-state index < -0.39 is 12.1 Å². The molecule has 186 valence electrons. The Morgan fingerprint density at radius 3 is 2.25 bits per heavy atom. The molecule has 3 aromatic carbocycles. The predicted octanol–water partition coefficient (Wildman–Crippen LogP) is 4.19. The quantitative estimate of drug-likeness (QED) is 0.437. The van der Waals surface area contributed by atoms with Crippen LogP contribution in [0.3, 0.4) is 0 Å². The van der Waals surface area contributed by atoms with Crippen molar-refractivity contribution in [3.05, 3.63) is 83.9 Å². The minimum absolute atomic E-state index is 0.0947. The van der Waals surface area contributed by atoms with Crippen molar-refractivity contribution in [3.63, 3.8) is 0 Å². The molecule has 9 heteroatoms. The smallest absolute Gasteiger partial charge is 0.412 e. The van der Waals surface area contributed by atoms with Crippen LogP contribution in [-0.2, 0) is 27.5 Å². The van der Waals surface area contributed by atoms with Crippen LogP contribution in [0.4, 0.5) is 16.2 Å². The average molecular weight is 490 g/mol. The van der Waals surface area contributed by atoms with Crippen molar-refractivity contribution in [2.75, 3.05) is 24.9 Å². The lowest BCUT2D eigenvalue weighted by molar-refractivity contribution is -0.152. The highest BCUT2D eigenvalue weighted by atomic mass is 16.5. The highest BCUT2D eigenvalue weighted by Gasteiger charge is 2.41. The summed E-state index contributed by atoms with van der Waals surface area (Å²) in [5.41, 5.74) is 2.37. The molecular weight excluding hydrogens is 462 g/mol. The molecule has 1 fully saturated rings. The zero-order valence-corrected chi connectivity index (χ0v) is 20.0. The van der Waals surface area contributed by atoms with Crippen molar-refractivity contribution in [2.45, 2.75) is 25.6 Å². The normalized spacial score (nSPS) is 14.4. The maximum absolute atomic E-state index is 12.8. The summed E-state index contributed by atoms with van der Waals surface area (Å²) in [5, 5.41) is 5.52. The Morgan fingerprint density at radius 2 is 1.61 bits per heavy atom. The van der Waals surface area contributed by atoms with E-state index in [0.29, 0.717) is 22.7 Å². The van der Waals surface area contributed by atoms with E-state index in [1.807, 2.05) is 48.5 Å². The van der Waals surface area contributed by atoms with Gasteiger partial charge in [0.15, 0.2) is 5.75 Å². The number of anilines is 2. The van der Waals surface area contributed by atoms with Crippen molar-refractivity contribution in [2.24, 2.45) is 0 Å². The number of hydrogen-bond acceptors (Lipinski definition) is 6. The summed E-state index contributed by atoms with van der Waals surface area (Å²) in [6, 6.07) is 21.1. The van der Waals surface area contributed by atoms with E-state index >= 15 is 0 Å². The van der Waals surface area contributed by atoms with Gasteiger partial charge in [-0.25, -0.2) is 4.79 Å². The Labute approximate surface area is 209 Å². The van der Waals surface area contributed by atoms with E-state index in [0.717, 1.165) is 5.56 Å². The van der Waals surface area contributed by atoms with Crippen molar-refractivity contribution in [1.82, 2.24) is 4.90 Å². The summed E-state index contributed by atoms with van der Waals surface area (Å²) in [5.74, 6) is 0.252. The molecule has 2 N–H and O–H groups in total. The van der Waals surface area contributed by atoms with Gasteiger partial charge in [0.1, 0.15) is 24.1 Å². The summed E-state index contributed by atoms with van der Waals surface area (Å²) >= 11 is 0.